The Bertz CT molecular complexity index is 424. The molecule has 19 heavy (non-hydrogen) atoms. The molecule has 1 aliphatic rings. The molecule has 0 radical (unpaired) electrons. The normalized spacial score (nSPS) is 20.1. The highest BCUT2D eigenvalue weighted by Crippen LogP contribution is 2.36. The summed E-state index contributed by atoms with van der Waals surface area (Å²) < 4.78 is 1.85. The highest BCUT2D eigenvalue weighted by Gasteiger charge is 2.37. The Hall–Kier alpha value is -0.620. The van der Waals surface area contributed by atoms with Crippen molar-refractivity contribution in [1.29, 1.82) is 0 Å². The molecular weight excluding hydrogens is 264 g/mol. The highest BCUT2D eigenvalue weighted by atomic mass is 35.5. The van der Waals surface area contributed by atoms with E-state index in [9.17, 15) is 5.11 Å². The minimum atomic E-state index is -0.841. The summed E-state index contributed by atoms with van der Waals surface area (Å²) in [4.78, 5) is 4.32. The van der Waals surface area contributed by atoms with Gasteiger partial charge in [-0.1, -0.05) is 11.6 Å². The molecule has 0 aliphatic carbocycles. The predicted octanol–water partition coefficient (Wildman–Crippen LogP) is 1.01. The number of likely N-dealkylation sites (tertiary alicyclic amines) is 1. The van der Waals surface area contributed by atoms with Gasteiger partial charge in [-0.25, -0.2) is 0 Å². The molecule has 6 heteroatoms. The van der Waals surface area contributed by atoms with Crippen molar-refractivity contribution in [2.45, 2.75) is 25.0 Å². The van der Waals surface area contributed by atoms with Crippen LogP contribution in [0.25, 0.3) is 0 Å². The van der Waals surface area contributed by atoms with Crippen molar-refractivity contribution in [3.05, 3.63) is 16.9 Å². The van der Waals surface area contributed by atoms with Crippen LogP contribution < -0.4 is 0 Å². The number of nitrogens with zero attached hydrogens (tertiary/aromatic N) is 4. The molecule has 2 rings (SSSR count). The van der Waals surface area contributed by atoms with Crippen LogP contribution in [0.4, 0.5) is 0 Å². The maximum absolute atomic E-state index is 10.9. The summed E-state index contributed by atoms with van der Waals surface area (Å²) in [6, 6.07) is 0. The van der Waals surface area contributed by atoms with E-state index < -0.39 is 5.60 Å². The lowest BCUT2D eigenvalue weighted by atomic mass is 9.88. The summed E-state index contributed by atoms with van der Waals surface area (Å²) in [7, 11) is 6.12. The monoisotopic (exact) mass is 286 g/mol. The third kappa shape index (κ3) is 3.28. The lowest BCUT2D eigenvalue weighted by molar-refractivity contribution is -0.0275. The predicted molar refractivity (Wildman–Crippen MR) is 76.4 cm³/mol. The van der Waals surface area contributed by atoms with E-state index in [0.717, 1.165) is 31.9 Å². The standard InChI is InChI=1S/C13H23ClN4O/c1-16(2)8-9-18-12(11(14)10-15-18)13(19)4-6-17(3)7-5-13/h10,19H,4-9H2,1-3H3. The zero-order chi connectivity index (χ0) is 14.0. The molecule has 0 amide bonds. The van der Waals surface area contributed by atoms with Crippen molar-refractivity contribution >= 4 is 11.6 Å². The number of rotatable bonds is 4. The molecule has 1 aromatic rings. The molecule has 2 heterocycles. The van der Waals surface area contributed by atoms with Crippen molar-refractivity contribution in [2.24, 2.45) is 0 Å². The Labute approximate surface area is 119 Å². The smallest absolute Gasteiger partial charge is 0.110 e. The first kappa shape index (κ1) is 14.8. The van der Waals surface area contributed by atoms with Crippen LogP contribution in [0, 0.1) is 0 Å². The fourth-order valence-electron chi connectivity index (χ4n) is 2.51. The van der Waals surface area contributed by atoms with Gasteiger partial charge in [0.15, 0.2) is 0 Å². The Kier molecular flexibility index (Phi) is 4.50. The van der Waals surface area contributed by atoms with Crippen molar-refractivity contribution in [3.63, 3.8) is 0 Å². The van der Waals surface area contributed by atoms with E-state index in [1.807, 2.05) is 18.8 Å². The third-order valence-corrected chi connectivity index (χ3v) is 4.09. The van der Waals surface area contributed by atoms with Gasteiger partial charge in [0.25, 0.3) is 0 Å². The molecule has 0 unspecified atom stereocenters. The van der Waals surface area contributed by atoms with Gasteiger partial charge in [-0.15, -0.1) is 0 Å². The maximum atomic E-state index is 10.9. The number of aliphatic hydroxyl groups is 1. The molecule has 1 fully saturated rings. The van der Waals surface area contributed by atoms with Crippen LogP contribution in [-0.4, -0.2) is 65.5 Å². The first-order valence-corrected chi connectivity index (χ1v) is 7.07. The van der Waals surface area contributed by atoms with Crippen LogP contribution in [0.3, 0.4) is 0 Å². The van der Waals surface area contributed by atoms with Gasteiger partial charge in [-0.2, -0.15) is 5.10 Å². The van der Waals surface area contributed by atoms with E-state index in [1.165, 1.54) is 0 Å². The number of halogens is 1. The molecule has 1 N–H and O–H groups in total. The summed E-state index contributed by atoms with van der Waals surface area (Å²) in [6.45, 7) is 3.38. The van der Waals surface area contributed by atoms with Crippen LogP contribution in [-0.2, 0) is 12.1 Å². The van der Waals surface area contributed by atoms with Crippen LogP contribution in [0.5, 0.6) is 0 Å². The molecule has 1 aliphatic heterocycles. The van der Waals surface area contributed by atoms with Crippen LogP contribution in [0.2, 0.25) is 5.02 Å². The summed E-state index contributed by atoms with van der Waals surface area (Å²) in [5.74, 6) is 0. The van der Waals surface area contributed by atoms with Crippen molar-refractivity contribution < 1.29 is 5.11 Å². The van der Waals surface area contributed by atoms with Gasteiger partial charge in [0.1, 0.15) is 5.60 Å². The van der Waals surface area contributed by atoms with Crippen LogP contribution >= 0.6 is 11.6 Å². The zero-order valence-corrected chi connectivity index (χ0v) is 12.7. The van der Waals surface area contributed by atoms with Crippen LogP contribution in [0.1, 0.15) is 18.5 Å². The summed E-state index contributed by atoms with van der Waals surface area (Å²) in [5.41, 5.74) is -0.0593. The molecule has 0 aromatic carbocycles. The fourth-order valence-corrected chi connectivity index (χ4v) is 2.83. The maximum Gasteiger partial charge on any atom is 0.110 e. The van der Waals surface area contributed by atoms with Crippen molar-refractivity contribution in [3.8, 4) is 0 Å². The second-order valence-electron chi connectivity index (χ2n) is 5.70. The second kappa shape index (κ2) is 5.79. The van der Waals surface area contributed by atoms with Gasteiger partial charge < -0.3 is 14.9 Å². The Morgan fingerprint density at radius 2 is 2.05 bits per heavy atom. The van der Waals surface area contributed by atoms with Crippen molar-refractivity contribution in [1.82, 2.24) is 19.6 Å². The van der Waals surface area contributed by atoms with Gasteiger partial charge >= 0.3 is 0 Å². The number of hydrogen-bond acceptors (Lipinski definition) is 4. The van der Waals surface area contributed by atoms with Gasteiger partial charge in [0.05, 0.1) is 23.5 Å². The molecular formula is C13H23ClN4O. The van der Waals surface area contributed by atoms with E-state index in [1.54, 1.807) is 6.20 Å². The lowest BCUT2D eigenvalue weighted by Gasteiger charge is -2.37. The summed E-state index contributed by atoms with van der Waals surface area (Å²) in [5, 5.41) is 15.8. The van der Waals surface area contributed by atoms with E-state index in [4.69, 9.17) is 11.6 Å². The molecule has 0 spiro atoms. The van der Waals surface area contributed by atoms with Gasteiger partial charge in [0, 0.05) is 19.6 Å². The molecule has 0 saturated carbocycles. The molecule has 1 aromatic heterocycles. The van der Waals surface area contributed by atoms with E-state index in [-0.39, 0.29) is 0 Å². The highest BCUT2D eigenvalue weighted by molar-refractivity contribution is 6.31. The first-order valence-electron chi connectivity index (χ1n) is 6.70. The molecule has 5 nitrogen and oxygen atoms in total. The van der Waals surface area contributed by atoms with E-state index in [2.05, 4.69) is 21.9 Å². The third-order valence-electron chi connectivity index (χ3n) is 3.81. The number of likely N-dealkylation sites (N-methyl/N-ethyl adjacent to an activating group) is 1. The van der Waals surface area contributed by atoms with E-state index in [0.29, 0.717) is 17.9 Å². The molecule has 108 valence electrons. The quantitative estimate of drug-likeness (QED) is 0.897. The Morgan fingerprint density at radius 1 is 1.42 bits per heavy atom. The first-order chi connectivity index (χ1) is 8.92. The average Bonchev–Trinajstić information content (AvgIpc) is 2.73. The van der Waals surface area contributed by atoms with Crippen molar-refractivity contribution in [2.75, 3.05) is 40.8 Å². The largest absolute Gasteiger partial charge is 0.383 e. The fraction of sp³-hybridized carbons (Fsp3) is 0.769. The van der Waals surface area contributed by atoms with E-state index >= 15 is 0 Å². The Balaban J connectivity index is 2.20. The van der Waals surface area contributed by atoms with Gasteiger partial charge in [-0.05, 0) is 34.0 Å². The van der Waals surface area contributed by atoms with Gasteiger partial charge in [-0.3, -0.25) is 4.68 Å². The molecule has 0 atom stereocenters. The lowest BCUT2D eigenvalue weighted by Crippen LogP contribution is -2.42. The minimum absolute atomic E-state index is 0.575. The SMILES string of the molecule is CN(C)CCn1ncc(Cl)c1C1(O)CCN(C)CC1. The number of aromatic nitrogens is 2. The second-order valence-corrected chi connectivity index (χ2v) is 6.11. The van der Waals surface area contributed by atoms with Gasteiger partial charge in [0.2, 0.25) is 0 Å². The topological polar surface area (TPSA) is 44.5 Å². The minimum Gasteiger partial charge on any atom is -0.383 e. The Morgan fingerprint density at radius 3 is 2.63 bits per heavy atom. The average molecular weight is 287 g/mol. The number of piperidine rings is 1. The summed E-state index contributed by atoms with van der Waals surface area (Å²) >= 11 is 6.25. The van der Waals surface area contributed by atoms with Crippen LogP contribution in [0.15, 0.2) is 6.20 Å². The molecule has 1 saturated heterocycles. The summed E-state index contributed by atoms with van der Waals surface area (Å²) in [6.07, 6.45) is 3.05. The molecule has 0 bridgehead atoms. The number of hydrogen-bond donors (Lipinski definition) is 1. The zero-order valence-electron chi connectivity index (χ0n) is 11.9.